The number of aliphatic carboxylic acids is 1. The Kier molecular flexibility index (Phi) is 6.61. The molecule has 2 amide bonds. The van der Waals surface area contributed by atoms with Gasteiger partial charge in [-0.05, 0) is 25.0 Å². The number of hydrogen-bond donors (Lipinski definition) is 2. The third-order valence-corrected chi connectivity index (χ3v) is 6.85. The summed E-state index contributed by atoms with van der Waals surface area (Å²) >= 11 is 0. The Labute approximate surface area is 198 Å². The number of methoxy groups -OCH3 is 1. The first-order chi connectivity index (χ1) is 16.3. The molecule has 0 spiro atoms. The quantitative estimate of drug-likeness (QED) is 0.547. The summed E-state index contributed by atoms with van der Waals surface area (Å²) in [5.41, 5.74) is -0.0541. The van der Waals surface area contributed by atoms with Crippen molar-refractivity contribution in [1.82, 2.24) is 10.2 Å². The maximum absolute atomic E-state index is 13.4. The third kappa shape index (κ3) is 3.92. The number of carbonyl (C=O) groups excluding carboxylic acids is 2. The van der Waals surface area contributed by atoms with Crippen molar-refractivity contribution in [2.24, 2.45) is 11.8 Å². The van der Waals surface area contributed by atoms with Crippen LogP contribution < -0.4 is 14.8 Å². The summed E-state index contributed by atoms with van der Waals surface area (Å²) in [6.45, 7) is 4.01. The number of unbranched alkanes of at least 4 members (excludes halogenated alkanes) is 1. The van der Waals surface area contributed by atoms with E-state index in [1.54, 1.807) is 18.2 Å². The molecule has 0 bridgehead atoms. The van der Waals surface area contributed by atoms with Crippen LogP contribution >= 0.6 is 0 Å². The van der Waals surface area contributed by atoms with Gasteiger partial charge in [0.15, 0.2) is 11.5 Å². The molecule has 2 N–H and O–H groups in total. The Hall–Kier alpha value is -3.39. The minimum Gasteiger partial charge on any atom is -0.493 e. The van der Waals surface area contributed by atoms with Crippen molar-refractivity contribution in [2.75, 3.05) is 13.7 Å². The third-order valence-electron chi connectivity index (χ3n) is 6.85. The largest absolute Gasteiger partial charge is 0.493 e. The van der Waals surface area contributed by atoms with Crippen LogP contribution in [0.3, 0.4) is 0 Å². The molecule has 34 heavy (non-hydrogen) atoms. The van der Waals surface area contributed by atoms with Gasteiger partial charge in [0.25, 0.3) is 0 Å². The van der Waals surface area contributed by atoms with E-state index in [0.717, 1.165) is 12.0 Å². The smallest absolute Gasteiger partial charge is 0.324 e. The fraction of sp³-hybridized carbons (Fsp3) is 0.423. The fourth-order valence-corrected chi connectivity index (χ4v) is 5.02. The molecule has 4 atom stereocenters. The number of likely N-dealkylation sites (tertiary alicyclic amines) is 1. The molecule has 180 valence electrons. The van der Waals surface area contributed by atoms with Gasteiger partial charge in [-0.15, -0.1) is 0 Å². The zero-order valence-electron chi connectivity index (χ0n) is 19.6. The lowest BCUT2D eigenvalue weighted by Gasteiger charge is -2.28. The summed E-state index contributed by atoms with van der Waals surface area (Å²) in [5, 5.41) is 13.2. The highest BCUT2D eigenvalue weighted by Crippen LogP contribution is 2.51. The van der Waals surface area contributed by atoms with Gasteiger partial charge < -0.3 is 14.6 Å². The predicted molar refractivity (Wildman–Crippen MR) is 124 cm³/mol. The van der Waals surface area contributed by atoms with E-state index in [0.29, 0.717) is 30.0 Å². The van der Waals surface area contributed by atoms with E-state index in [1.807, 2.05) is 37.3 Å². The molecule has 2 aromatic carbocycles. The number of nitrogens with zero attached hydrogens (tertiary/aromatic N) is 1. The molecule has 4 unspecified atom stereocenters. The SMILES string of the molecule is CCCCN1C(=O)C2C(c3cccc(OC)c3OCc3ccccc3)NC(C)(C(=O)O)C2C1=O. The number of hydrogen-bond acceptors (Lipinski definition) is 6. The van der Waals surface area contributed by atoms with Crippen LogP contribution in [-0.4, -0.2) is 47.0 Å². The molecule has 0 saturated carbocycles. The molecule has 2 aliphatic heterocycles. The highest BCUT2D eigenvalue weighted by atomic mass is 16.5. The molecule has 8 heteroatoms. The Morgan fingerprint density at radius 3 is 2.50 bits per heavy atom. The van der Waals surface area contributed by atoms with Gasteiger partial charge in [-0.25, -0.2) is 0 Å². The number of carbonyl (C=O) groups is 3. The Morgan fingerprint density at radius 2 is 1.85 bits per heavy atom. The van der Waals surface area contributed by atoms with E-state index in [1.165, 1.54) is 18.9 Å². The number of amides is 2. The lowest BCUT2D eigenvalue weighted by molar-refractivity contribution is -0.150. The van der Waals surface area contributed by atoms with Gasteiger partial charge in [0.1, 0.15) is 12.1 Å². The molecule has 2 saturated heterocycles. The van der Waals surface area contributed by atoms with E-state index in [9.17, 15) is 19.5 Å². The molecule has 0 aliphatic carbocycles. The second-order valence-electron chi connectivity index (χ2n) is 8.97. The number of benzene rings is 2. The summed E-state index contributed by atoms with van der Waals surface area (Å²) in [6, 6.07) is 14.2. The molecule has 4 rings (SSSR count). The molecule has 2 fully saturated rings. The van der Waals surface area contributed by atoms with Gasteiger partial charge in [0.05, 0.1) is 18.9 Å². The van der Waals surface area contributed by atoms with Crippen molar-refractivity contribution in [2.45, 2.75) is 44.9 Å². The van der Waals surface area contributed by atoms with Gasteiger partial charge in [0.2, 0.25) is 11.8 Å². The monoisotopic (exact) mass is 466 g/mol. The lowest BCUT2D eigenvalue weighted by atomic mass is 9.80. The van der Waals surface area contributed by atoms with Crippen molar-refractivity contribution in [3.63, 3.8) is 0 Å². The first kappa shape index (κ1) is 23.8. The average Bonchev–Trinajstić information content (AvgIpc) is 3.30. The second-order valence-corrected chi connectivity index (χ2v) is 8.97. The normalized spacial score (nSPS) is 26.0. The Morgan fingerprint density at radius 1 is 1.12 bits per heavy atom. The lowest BCUT2D eigenvalue weighted by Crippen LogP contribution is -2.53. The van der Waals surface area contributed by atoms with Gasteiger partial charge in [-0.1, -0.05) is 55.8 Å². The van der Waals surface area contributed by atoms with Crippen LogP contribution in [0.15, 0.2) is 48.5 Å². The summed E-state index contributed by atoms with van der Waals surface area (Å²) in [4.78, 5) is 40.3. The number of nitrogens with one attached hydrogen (secondary N) is 1. The van der Waals surface area contributed by atoms with Crippen LogP contribution in [0, 0.1) is 11.8 Å². The maximum Gasteiger partial charge on any atom is 0.324 e. The topological polar surface area (TPSA) is 105 Å². The van der Waals surface area contributed by atoms with E-state index in [2.05, 4.69) is 5.32 Å². The number of para-hydroxylation sites is 1. The fourth-order valence-electron chi connectivity index (χ4n) is 5.02. The molecule has 2 aliphatic rings. The van der Waals surface area contributed by atoms with Crippen LogP contribution in [0.25, 0.3) is 0 Å². The highest BCUT2D eigenvalue weighted by Gasteiger charge is 2.66. The molecular weight excluding hydrogens is 436 g/mol. The first-order valence-electron chi connectivity index (χ1n) is 11.5. The zero-order chi connectivity index (χ0) is 24.5. The van der Waals surface area contributed by atoms with Crippen LogP contribution in [-0.2, 0) is 21.0 Å². The molecule has 2 heterocycles. The highest BCUT2D eigenvalue weighted by molar-refractivity contribution is 6.09. The maximum atomic E-state index is 13.4. The first-order valence-corrected chi connectivity index (χ1v) is 11.5. The number of carboxylic acid groups (broad SMARTS) is 1. The number of fused-ring (bicyclic) bond motifs is 1. The average molecular weight is 467 g/mol. The van der Waals surface area contributed by atoms with Gasteiger partial charge in [-0.2, -0.15) is 0 Å². The summed E-state index contributed by atoms with van der Waals surface area (Å²) in [5.74, 6) is -2.91. The summed E-state index contributed by atoms with van der Waals surface area (Å²) < 4.78 is 11.7. The Bertz CT molecular complexity index is 1090. The molecular formula is C26H30N2O6. The molecule has 2 aromatic rings. The molecule has 8 nitrogen and oxygen atoms in total. The van der Waals surface area contributed by atoms with Crippen LogP contribution in [0.2, 0.25) is 0 Å². The van der Waals surface area contributed by atoms with Crippen molar-refractivity contribution in [1.29, 1.82) is 0 Å². The number of carboxylic acids is 1. The van der Waals surface area contributed by atoms with Gasteiger partial charge in [0, 0.05) is 18.2 Å². The van der Waals surface area contributed by atoms with Crippen LogP contribution in [0.1, 0.15) is 43.9 Å². The van der Waals surface area contributed by atoms with Crippen molar-refractivity contribution < 1.29 is 29.0 Å². The number of rotatable bonds is 9. The molecule has 0 radical (unpaired) electrons. The second kappa shape index (κ2) is 9.46. The van der Waals surface area contributed by atoms with Crippen LogP contribution in [0.5, 0.6) is 11.5 Å². The predicted octanol–water partition coefficient (Wildman–Crippen LogP) is 3.16. The zero-order valence-corrected chi connectivity index (χ0v) is 19.6. The van der Waals surface area contributed by atoms with E-state index >= 15 is 0 Å². The van der Waals surface area contributed by atoms with Crippen molar-refractivity contribution >= 4 is 17.8 Å². The minimum atomic E-state index is -1.59. The van der Waals surface area contributed by atoms with Crippen LogP contribution in [0.4, 0.5) is 0 Å². The van der Waals surface area contributed by atoms with Gasteiger partial charge in [-0.3, -0.25) is 24.6 Å². The van der Waals surface area contributed by atoms with Gasteiger partial charge >= 0.3 is 5.97 Å². The number of ether oxygens (including phenoxy) is 2. The number of imide groups is 1. The standard InChI is InChI=1S/C26H30N2O6/c1-4-5-14-28-23(29)19-20(24(28)30)26(2,25(31)32)27-21(19)17-12-9-13-18(33-3)22(17)34-15-16-10-7-6-8-11-16/h6-13,19-21,27H,4-5,14-15H2,1-3H3,(H,31,32). The molecule has 0 aromatic heterocycles. The van der Waals surface area contributed by atoms with Crippen molar-refractivity contribution in [3.8, 4) is 11.5 Å². The Balaban J connectivity index is 1.75. The summed E-state index contributed by atoms with van der Waals surface area (Å²) in [7, 11) is 1.53. The van der Waals surface area contributed by atoms with E-state index in [4.69, 9.17) is 9.47 Å². The van der Waals surface area contributed by atoms with E-state index < -0.39 is 35.3 Å². The van der Waals surface area contributed by atoms with Crippen molar-refractivity contribution in [3.05, 3.63) is 59.7 Å². The van der Waals surface area contributed by atoms with E-state index in [-0.39, 0.29) is 12.5 Å². The minimum absolute atomic E-state index is 0.265. The summed E-state index contributed by atoms with van der Waals surface area (Å²) in [6.07, 6.45) is 1.49.